The molecule has 0 saturated heterocycles. The van der Waals surface area contributed by atoms with Gasteiger partial charge in [-0.05, 0) is 50.5 Å². The van der Waals surface area contributed by atoms with Gasteiger partial charge in [0.1, 0.15) is 0 Å². The molecule has 0 amide bonds. The lowest BCUT2D eigenvalue weighted by molar-refractivity contribution is -0.141. The van der Waals surface area contributed by atoms with E-state index in [0.29, 0.717) is 11.8 Å². The maximum absolute atomic E-state index is 11.4. The first-order valence-corrected chi connectivity index (χ1v) is 7.29. The highest BCUT2D eigenvalue weighted by molar-refractivity contribution is 5.83. The fourth-order valence-corrected chi connectivity index (χ4v) is 1.75. The van der Waals surface area contributed by atoms with E-state index >= 15 is 0 Å². The summed E-state index contributed by atoms with van der Waals surface area (Å²) in [5.74, 6) is 1.70. The first-order valence-electron chi connectivity index (χ1n) is 7.29. The van der Waals surface area contributed by atoms with Crippen molar-refractivity contribution in [2.75, 3.05) is 0 Å². The van der Waals surface area contributed by atoms with E-state index in [9.17, 15) is 4.79 Å². The van der Waals surface area contributed by atoms with E-state index < -0.39 is 0 Å². The van der Waals surface area contributed by atoms with Crippen molar-refractivity contribution in [1.82, 2.24) is 0 Å². The van der Waals surface area contributed by atoms with Gasteiger partial charge in [0.05, 0.1) is 6.10 Å². The summed E-state index contributed by atoms with van der Waals surface area (Å²) >= 11 is 0. The van der Waals surface area contributed by atoms with Crippen LogP contribution in [0.4, 0.5) is 0 Å². The molecule has 0 aliphatic rings. The van der Waals surface area contributed by atoms with Crippen LogP contribution in [0, 0.1) is 17.8 Å². The van der Waals surface area contributed by atoms with Crippen molar-refractivity contribution in [2.24, 2.45) is 17.8 Å². The van der Waals surface area contributed by atoms with Crippen molar-refractivity contribution in [2.45, 2.75) is 61.0 Å². The fourth-order valence-electron chi connectivity index (χ4n) is 1.75. The van der Waals surface area contributed by atoms with Crippen molar-refractivity contribution < 1.29 is 9.53 Å². The van der Waals surface area contributed by atoms with E-state index in [4.69, 9.17) is 4.74 Å². The molecule has 0 rings (SSSR count). The second-order valence-electron chi connectivity index (χ2n) is 6.17. The zero-order chi connectivity index (χ0) is 15.0. The van der Waals surface area contributed by atoms with Crippen LogP contribution in [0.25, 0.3) is 0 Å². The Kier molecular flexibility index (Phi) is 8.46. The van der Waals surface area contributed by atoms with E-state index in [1.165, 1.54) is 6.42 Å². The van der Waals surface area contributed by atoms with Crippen LogP contribution in [0.1, 0.15) is 54.9 Å². The van der Waals surface area contributed by atoms with Gasteiger partial charge in [-0.1, -0.05) is 39.8 Å². The van der Waals surface area contributed by atoms with Gasteiger partial charge in [-0.15, -0.1) is 0 Å². The summed E-state index contributed by atoms with van der Waals surface area (Å²) < 4.78 is 5.07. The minimum Gasteiger partial charge on any atom is -0.460 e. The van der Waals surface area contributed by atoms with E-state index in [0.717, 1.165) is 11.5 Å². The zero-order valence-corrected chi connectivity index (χ0v) is 13.6. The lowest BCUT2D eigenvalue weighted by Crippen LogP contribution is -2.09. The van der Waals surface area contributed by atoms with Gasteiger partial charge in [-0.2, -0.15) is 0 Å². The highest BCUT2D eigenvalue weighted by Gasteiger charge is 2.09. The van der Waals surface area contributed by atoms with Crippen LogP contribution < -0.4 is 0 Å². The molecule has 2 unspecified atom stereocenters. The highest BCUT2D eigenvalue weighted by Crippen LogP contribution is 2.20. The second-order valence-corrected chi connectivity index (χ2v) is 6.17. The Bertz CT molecular complexity index is 324. The van der Waals surface area contributed by atoms with E-state index in [1.807, 2.05) is 26.8 Å². The number of hydrogen-bond donors (Lipinski definition) is 0. The van der Waals surface area contributed by atoms with Gasteiger partial charge >= 0.3 is 5.97 Å². The first-order chi connectivity index (χ1) is 8.72. The molecular weight excluding hydrogens is 236 g/mol. The van der Waals surface area contributed by atoms with Gasteiger partial charge in [0, 0.05) is 6.08 Å². The second kappa shape index (κ2) is 8.95. The standard InChI is InChI=1S/C17H30O2/c1-12(2)16(7)10-14(5)8-9-15(6)11-17(18)19-13(3)4/h8-9,11-14,16H,10H2,1-7H3. The number of carbonyl (C=O) groups is 1. The normalized spacial score (nSPS) is 16.2. The topological polar surface area (TPSA) is 26.3 Å². The summed E-state index contributed by atoms with van der Waals surface area (Å²) in [5.41, 5.74) is 0.940. The molecule has 2 atom stereocenters. The quantitative estimate of drug-likeness (QED) is 0.377. The molecule has 0 aromatic carbocycles. The number of hydrogen-bond acceptors (Lipinski definition) is 2. The molecule has 2 nitrogen and oxygen atoms in total. The van der Waals surface area contributed by atoms with Crippen molar-refractivity contribution in [1.29, 1.82) is 0 Å². The molecule has 19 heavy (non-hydrogen) atoms. The van der Waals surface area contributed by atoms with Gasteiger partial charge in [-0.25, -0.2) is 4.79 Å². The highest BCUT2D eigenvalue weighted by atomic mass is 16.5. The molecule has 0 spiro atoms. The Morgan fingerprint density at radius 2 is 1.68 bits per heavy atom. The molecule has 110 valence electrons. The maximum Gasteiger partial charge on any atom is 0.331 e. The molecule has 0 radical (unpaired) electrons. The van der Waals surface area contributed by atoms with Crippen LogP contribution in [0.2, 0.25) is 0 Å². The summed E-state index contributed by atoms with van der Waals surface area (Å²) in [5, 5.41) is 0. The minimum atomic E-state index is -0.264. The number of allylic oxidation sites excluding steroid dienone is 3. The van der Waals surface area contributed by atoms with Gasteiger partial charge in [0.2, 0.25) is 0 Å². The van der Waals surface area contributed by atoms with E-state index in [1.54, 1.807) is 6.08 Å². The van der Waals surface area contributed by atoms with E-state index in [-0.39, 0.29) is 12.1 Å². The van der Waals surface area contributed by atoms with Crippen molar-refractivity contribution in [3.05, 3.63) is 23.8 Å². The molecule has 0 heterocycles. The SMILES string of the molecule is CC(C=CC(C)CC(C)C(C)C)=CC(=O)OC(C)C. The molecule has 0 saturated carbocycles. The largest absolute Gasteiger partial charge is 0.460 e. The number of rotatable bonds is 7. The molecule has 0 aromatic rings. The molecular formula is C17H30O2. The van der Waals surface area contributed by atoms with Crippen LogP contribution in [0.5, 0.6) is 0 Å². The number of carbonyl (C=O) groups excluding carboxylic acids is 1. The third-order valence-electron chi connectivity index (χ3n) is 3.27. The number of esters is 1. The van der Waals surface area contributed by atoms with E-state index in [2.05, 4.69) is 33.8 Å². The van der Waals surface area contributed by atoms with Crippen LogP contribution in [-0.4, -0.2) is 12.1 Å². The van der Waals surface area contributed by atoms with Crippen LogP contribution in [0.15, 0.2) is 23.8 Å². The number of ether oxygens (including phenoxy) is 1. The Labute approximate surface area is 118 Å². The summed E-state index contributed by atoms with van der Waals surface area (Å²) in [6, 6.07) is 0. The minimum absolute atomic E-state index is 0.0636. The molecule has 0 aromatic heterocycles. The van der Waals surface area contributed by atoms with Crippen molar-refractivity contribution in [3.8, 4) is 0 Å². The monoisotopic (exact) mass is 266 g/mol. The lowest BCUT2D eigenvalue weighted by atomic mass is 9.88. The Morgan fingerprint density at radius 3 is 2.16 bits per heavy atom. The lowest BCUT2D eigenvalue weighted by Gasteiger charge is -2.18. The smallest absolute Gasteiger partial charge is 0.331 e. The average molecular weight is 266 g/mol. The Hall–Kier alpha value is -1.05. The van der Waals surface area contributed by atoms with Crippen LogP contribution in [0.3, 0.4) is 0 Å². The molecule has 0 aliphatic carbocycles. The molecule has 0 fully saturated rings. The summed E-state index contributed by atoms with van der Waals surface area (Å²) in [4.78, 5) is 11.4. The molecule has 0 aliphatic heterocycles. The Balaban J connectivity index is 4.30. The summed E-state index contributed by atoms with van der Waals surface area (Å²) in [6.45, 7) is 14.7. The average Bonchev–Trinajstić information content (AvgIpc) is 2.24. The summed E-state index contributed by atoms with van der Waals surface area (Å²) in [6.07, 6.45) is 6.85. The summed E-state index contributed by atoms with van der Waals surface area (Å²) in [7, 11) is 0. The van der Waals surface area contributed by atoms with Crippen LogP contribution >= 0.6 is 0 Å². The van der Waals surface area contributed by atoms with Crippen molar-refractivity contribution >= 4 is 5.97 Å². The molecule has 0 N–H and O–H groups in total. The van der Waals surface area contributed by atoms with Gasteiger partial charge in [0.15, 0.2) is 0 Å². The fraction of sp³-hybridized carbons (Fsp3) is 0.706. The molecule has 2 heteroatoms. The maximum atomic E-state index is 11.4. The molecule has 0 bridgehead atoms. The van der Waals surface area contributed by atoms with Gasteiger partial charge in [0.25, 0.3) is 0 Å². The van der Waals surface area contributed by atoms with Gasteiger partial charge in [-0.3, -0.25) is 0 Å². The van der Waals surface area contributed by atoms with Gasteiger partial charge < -0.3 is 4.74 Å². The van der Waals surface area contributed by atoms with Crippen LogP contribution in [-0.2, 0) is 9.53 Å². The van der Waals surface area contributed by atoms with Crippen molar-refractivity contribution in [3.63, 3.8) is 0 Å². The zero-order valence-electron chi connectivity index (χ0n) is 13.6. The third kappa shape index (κ3) is 9.52. The predicted octanol–water partition coefficient (Wildman–Crippen LogP) is 4.76. The predicted molar refractivity (Wildman–Crippen MR) is 81.9 cm³/mol. The first kappa shape index (κ1) is 17.9. The third-order valence-corrected chi connectivity index (χ3v) is 3.27. The Morgan fingerprint density at radius 1 is 1.11 bits per heavy atom.